The summed E-state index contributed by atoms with van der Waals surface area (Å²) in [5, 5.41) is 5.60. The summed E-state index contributed by atoms with van der Waals surface area (Å²) in [4.78, 5) is 64.9. The van der Waals surface area contributed by atoms with Crippen molar-refractivity contribution in [2.75, 3.05) is 37.7 Å². The zero-order valence-corrected chi connectivity index (χ0v) is 17.8. The molecule has 0 radical (unpaired) electrons. The standard InChI is InChI=1S/C21H23FN6O5/c22-13-1-3-14(4-2-13)28-16(20(23)32)11-15(24-28)21(33)26-9-7-25(8-10-26)19(31)12-27-17(29)5-6-18(27)30/h1-4,16H,5-12H2,(H2,23,32). The van der Waals surface area contributed by atoms with Gasteiger partial charge in [0.2, 0.25) is 23.6 Å². The summed E-state index contributed by atoms with van der Waals surface area (Å²) in [5.41, 5.74) is 6.07. The fourth-order valence-corrected chi connectivity index (χ4v) is 4.07. The minimum Gasteiger partial charge on any atom is -0.368 e. The van der Waals surface area contributed by atoms with Gasteiger partial charge in [-0.3, -0.25) is 33.9 Å². The number of amides is 5. The average molecular weight is 458 g/mol. The molecule has 1 aromatic carbocycles. The van der Waals surface area contributed by atoms with Gasteiger partial charge in [0, 0.05) is 45.4 Å². The van der Waals surface area contributed by atoms with E-state index in [4.69, 9.17) is 5.73 Å². The van der Waals surface area contributed by atoms with Crippen molar-refractivity contribution in [3.63, 3.8) is 0 Å². The molecule has 1 aromatic rings. The highest BCUT2D eigenvalue weighted by atomic mass is 19.1. The van der Waals surface area contributed by atoms with Crippen LogP contribution in [0.3, 0.4) is 0 Å². The van der Waals surface area contributed by atoms with Crippen molar-refractivity contribution in [3.8, 4) is 0 Å². The number of anilines is 1. The second kappa shape index (κ2) is 8.96. The fraction of sp³-hybridized carbons (Fsp3) is 0.429. The molecule has 5 amide bonds. The van der Waals surface area contributed by atoms with Crippen LogP contribution < -0.4 is 10.7 Å². The first kappa shape index (κ1) is 22.4. The maximum Gasteiger partial charge on any atom is 0.270 e. The molecular formula is C21H23FN6O5. The van der Waals surface area contributed by atoms with Crippen LogP contribution in [0.4, 0.5) is 10.1 Å². The third-order valence-corrected chi connectivity index (χ3v) is 5.94. The first-order chi connectivity index (χ1) is 15.7. The largest absolute Gasteiger partial charge is 0.368 e. The van der Waals surface area contributed by atoms with E-state index in [1.165, 1.54) is 39.1 Å². The minimum atomic E-state index is -0.868. The number of hydrogen-bond acceptors (Lipinski definition) is 7. The molecular weight excluding hydrogens is 435 g/mol. The van der Waals surface area contributed by atoms with Crippen LogP contribution in [-0.2, 0) is 24.0 Å². The topological polar surface area (TPSA) is 137 Å². The summed E-state index contributed by atoms with van der Waals surface area (Å²) in [6.07, 6.45) is 0.263. The number of hydrogen-bond donors (Lipinski definition) is 1. The Hall–Kier alpha value is -3.83. The highest BCUT2D eigenvalue weighted by molar-refractivity contribution is 6.40. The Morgan fingerprint density at radius 1 is 0.970 bits per heavy atom. The van der Waals surface area contributed by atoms with Gasteiger partial charge in [-0.05, 0) is 24.3 Å². The van der Waals surface area contributed by atoms with E-state index in [1.54, 1.807) is 0 Å². The number of nitrogens with two attached hydrogens (primary N) is 1. The van der Waals surface area contributed by atoms with Crippen LogP contribution >= 0.6 is 0 Å². The fourth-order valence-electron chi connectivity index (χ4n) is 4.07. The molecule has 0 aliphatic carbocycles. The third kappa shape index (κ3) is 4.54. The van der Waals surface area contributed by atoms with Crippen LogP contribution in [0.2, 0.25) is 0 Å². The molecule has 0 saturated carbocycles. The van der Waals surface area contributed by atoms with Gasteiger partial charge in [-0.1, -0.05) is 0 Å². The van der Waals surface area contributed by atoms with Crippen molar-refractivity contribution >= 4 is 40.9 Å². The van der Waals surface area contributed by atoms with Gasteiger partial charge in [0.1, 0.15) is 24.1 Å². The van der Waals surface area contributed by atoms with Crippen LogP contribution in [0.25, 0.3) is 0 Å². The number of rotatable bonds is 5. The van der Waals surface area contributed by atoms with Crippen molar-refractivity contribution < 1.29 is 28.4 Å². The van der Waals surface area contributed by atoms with Crippen LogP contribution in [0.5, 0.6) is 0 Å². The van der Waals surface area contributed by atoms with Gasteiger partial charge in [-0.25, -0.2) is 4.39 Å². The molecule has 0 bridgehead atoms. The summed E-state index contributed by atoms with van der Waals surface area (Å²) in [5.74, 6) is -2.53. The van der Waals surface area contributed by atoms with E-state index < -0.39 is 17.8 Å². The Kier molecular flexibility index (Phi) is 6.07. The van der Waals surface area contributed by atoms with Crippen molar-refractivity contribution in [3.05, 3.63) is 30.1 Å². The molecule has 2 fully saturated rings. The van der Waals surface area contributed by atoms with E-state index in [2.05, 4.69) is 5.10 Å². The zero-order chi connectivity index (χ0) is 23.7. The van der Waals surface area contributed by atoms with Gasteiger partial charge >= 0.3 is 0 Å². The lowest BCUT2D eigenvalue weighted by Crippen LogP contribution is -2.54. The van der Waals surface area contributed by atoms with E-state index in [-0.39, 0.29) is 81.3 Å². The highest BCUT2D eigenvalue weighted by Crippen LogP contribution is 2.25. The zero-order valence-electron chi connectivity index (χ0n) is 17.8. The normalized spacial score (nSPS) is 21.0. The lowest BCUT2D eigenvalue weighted by atomic mass is 10.1. The van der Waals surface area contributed by atoms with Crippen molar-refractivity contribution in [2.45, 2.75) is 25.3 Å². The number of carbonyl (C=O) groups excluding carboxylic acids is 5. The smallest absolute Gasteiger partial charge is 0.270 e. The third-order valence-electron chi connectivity index (χ3n) is 5.94. The monoisotopic (exact) mass is 458 g/mol. The van der Waals surface area contributed by atoms with Gasteiger partial charge in [0.15, 0.2) is 0 Å². The summed E-state index contributed by atoms with van der Waals surface area (Å²) in [7, 11) is 0. The van der Waals surface area contributed by atoms with E-state index in [1.807, 2.05) is 0 Å². The molecule has 2 N–H and O–H groups in total. The molecule has 3 aliphatic heterocycles. The number of primary amides is 1. The SMILES string of the molecule is NC(=O)C1CC(C(=O)N2CCN(C(=O)CN3C(=O)CCC3=O)CC2)=NN1c1ccc(F)cc1. The predicted octanol–water partition coefficient (Wildman–Crippen LogP) is -0.934. The molecule has 2 saturated heterocycles. The number of halogens is 1. The first-order valence-corrected chi connectivity index (χ1v) is 10.6. The Morgan fingerprint density at radius 3 is 2.12 bits per heavy atom. The summed E-state index contributed by atoms with van der Waals surface area (Å²) in [6.45, 7) is 0.682. The number of benzene rings is 1. The van der Waals surface area contributed by atoms with Crippen molar-refractivity contribution in [2.24, 2.45) is 10.8 Å². The number of nitrogens with zero attached hydrogens (tertiary/aromatic N) is 5. The molecule has 12 heteroatoms. The summed E-state index contributed by atoms with van der Waals surface area (Å²) < 4.78 is 13.2. The summed E-state index contributed by atoms with van der Waals surface area (Å²) >= 11 is 0. The van der Waals surface area contributed by atoms with Gasteiger partial charge in [0.05, 0.1) is 5.69 Å². The van der Waals surface area contributed by atoms with Gasteiger partial charge in [0.25, 0.3) is 5.91 Å². The number of imide groups is 1. The minimum absolute atomic E-state index is 0.0177. The number of piperazine rings is 1. The molecule has 4 rings (SSSR count). The molecule has 33 heavy (non-hydrogen) atoms. The Bertz CT molecular complexity index is 1020. The second-order valence-corrected chi connectivity index (χ2v) is 8.04. The average Bonchev–Trinajstić information content (AvgIpc) is 3.39. The Morgan fingerprint density at radius 2 is 1.55 bits per heavy atom. The highest BCUT2D eigenvalue weighted by Gasteiger charge is 2.38. The van der Waals surface area contributed by atoms with E-state index in [9.17, 15) is 28.4 Å². The van der Waals surface area contributed by atoms with Gasteiger partial charge in [-0.15, -0.1) is 0 Å². The van der Waals surface area contributed by atoms with Crippen molar-refractivity contribution in [1.82, 2.24) is 14.7 Å². The van der Waals surface area contributed by atoms with Crippen LogP contribution in [0.1, 0.15) is 19.3 Å². The molecule has 1 atom stereocenters. The van der Waals surface area contributed by atoms with E-state index >= 15 is 0 Å². The lowest BCUT2D eigenvalue weighted by molar-refractivity contribution is -0.146. The van der Waals surface area contributed by atoms with Crippen LogP contribution in [-0.4, -0.2) is 88.7 Å². The molecule has 3 heterocycles. The van der Waals surface area contributed by atoms with Gasteiger partial charge in [-0.2, -0.15) is 5.10 Å². The Labute approximate surface area is 188 Å². The maximum absolute atomic E-state index is 13.2. The molecule has 1 unspecified atom stereocenters. The van der Waals surface area contributed by atoms with Crippen molar-refractivity contribution in [1.29, 1.82) is 0 Å². The van der Waals surface area contributed by atoms with E-state index in [0.29, 0.717) is 5.69 Å². The molecule has 11 nitrogen and oxygen atoms in total. The molecule has 0 spiro atoms. The second-order valence-electron chi connectivity index (χ2n) is 8.04. The quantitative estimate of drug-likeness (QED) is 0.566. The number of hydrazone groups is 1. The Balaban J connectivity index is 1.38. The number of likely N-dealkylation sites (tertiary alicyclic amines) is 1. The summed E-state index contributed by atoms with van der Waals surface area (Å²) in [6, 6.07) is 4.47. The van der Waals surface area contributed by atoms with Crippen LogP contribution in [0, 0.1) is 5.82 Å². The van der Waals surface area contributed by atoms with Gasteiger partial charge < -0.3 is 15.5 Å². The van der Waals surface area contributed by atoms with Crippen LogP contribution in [0.15, 0.2) is 29.4 Å². The molecule has 3 aliphatic rings. The maximum atomic E-state index is 13.2. The first-order valence-electron chi connectivity index (χ1n) is 10.6. The predicted molar refractivity (Wildman–Crippen MR) is 113 cm³/mol. The lowest BCUT2D eigenvalue weighted by Gasteiger charge is -2.35. The molecule has 174 valence electrons. The van der Waals surface area contributed by atoms with E-state index in [0.717, 1.165) is 4.90 Å². The number of carbonyl (C=O) groups is 5. The molecule has 0 aromatic heterocycles.